The van der Waals surface area contributed by atoms with E-state index in [1.165, 1.54) is 0 Å². The number of carboxylic acid groups (broad SMARTS) is 2. The lowest BCUT2D eigenvalue weighted by Gasteiger charge is -2.46. The van der Waals surface area contributed by atoms with E-state index >= 15 is 0 Å². The van der Waals surface area contributed by atoms with Crippen molar-refractivity contribution in [1.82, 2.24) is 5.32 Å². The van der Waals surface area contributed by atoms with Gasteiger partial charge in [-0.2, -0.15) is 0 Å². The van der Waals surface area contributed by atoms with Gasteiger partial charge in [-0.1, -0.05) is 26.0 Å². The van der Waals surface area contributed by atoms with Crippen molar-refractivity contribution in [2.24, 2.45) is 0 Å². The highest BCUT2D eigenvalue weighted by Gasteiger charge is 2.48. The van der Waals surface area contributed by atoms with E-state index in [9.17, 15) is 29.7 Å². The Hall–Kier alpha value is -1.93. The smallest absolute Gasteiger partial charge is 0.362 e. The monoisotopic (exact) mass is 387 g/mol. The van der Waals surface area contributed by atoms with Crippen LogP contribution in [0.25, 0.3) is 0 Å². The van der Waals surface area contributed by atoms with Crippen molar-refractivity contribution in [3.8, 4) is 0 Å². The fourth-order valence-corrected chi connectivity index (χ4v) is 3.69. The number of aliphatic hydroxyl groups is 1. The van der Waals surface area contributed by atoms with Gasteiger partial charge in [-0.15, -0.1) is 0 Å². The van der Waals surface area contributed by atoms with E-state index in [0.29, 0.717) is 12.8 Å². The first kappa shape index (κ1) is 25.1. The molecule has 1 amide bonds. The number of amides is 1. The first-order valence-electron chi connectivity index (χ1n) is 9.61. The second-order valence-electron chi connectivity index (χ2n) is 6.61. The van der Waals surface area contributed by atoms with Gasteiger partial charge in [0.1, 0.15) is 6.54 Å². The number of aliphatic hydroxyl groups excluding tert-OH is 1. The summed E-state index contributed by atoms with van der Waals surface area (Å²) in [5.74, 6) is -2.33. The van der Waals surface area contributed by atoms with Crippen LogP contribution >= 0.6 is 0 Å². The number of allylic oxidation sites excluding steroid dienone is 2. The topological polar surface area (TPSA) is 124 Å². The van der Waals surface area contributed by atoms with Crippen molar-refractivity contribution >= 4 is 17.8 Å². The molecule has 0 heterocycles. The largest absolute Gasteiger partial charge is 0.477 e. The maximum Gasteiger partial charge on any atom is 0.362 e. The van der Waals surface area contributed by atoms with E-state index in [-0.39, 0.29) is 49.5 Å². The quantitative estimate of drug-likeness (QED) is 0.191. The lowest BCUT2D eigenvalue weighted by atomic mass is 10.0. The van der Waals surface area contributed by atoms with Gasteiger partial charge in [0.25, 0.3) is 0 Å². The van der Waals surface area contributed by atoms with Crippen LogP contribution in [0.2, 0.25) is 0 Å². The number of unbranched alkanes of at least 4 members (excludes halogenated alkanes) is 1. The lowest BCUT2D eigenvalue weighted by molar-refractivity contribution is -0.957. The minimum Gasteiger partial charge on any atom is -0.477 e. The summed E-state index contributed by atoms with van der Waals surface area (Å²) >= 11 is 0. The highest BCUT2D eigenvalue weighted by atomic mass is 16.4. The van der Waals surface area contributed by atoms with Crippen LogP contribution in [0.5, 0.6) is 0 Å². The van der Waals surface area contributed by atoms with Gasteiger partial charge in [-0.05, 0) is 19.8 Å². The molecule has 8 heteroatoms. The molecule has 8 nitrogen and oxygen atoms in total. The number of hydrogen-bond acceptors (Lipinski definition) is 4. The second kappa shape index (κ2) is 13.3. The maximum absolute atomic E-state index is 12.0. The Balaban J connectivity index is 5.31. The fourth-order valence-electron chi connectivity index (χ4n) is 3.69. The molecule has 2 atom stereocenters. The summed E-state index contributed by atoms with van der Waals surface area (Å²) in [5.41, 5.74) is 0. The third-order valence-electron chi connectivity index (χ3n) is 4.96. The number of nitrogens with one attached hydrogen (secondary N) is 1. The zero-order chi connectivity index (χ0) is 20.9. The van der Waals surface area contributed by atoms with Crippen molar-refractivity contribution in [2.45, 2.75) is 65.0 Å². The molecule has 0 radical (unpaired) electrons. The van der Waals surface area contributed by atoms with Crippen LogP contribution < -0.4 is 5.32 Å². The number of carbonyl (C=O) groups is 3. The molecule has 0 aromatic heterocycles. The molecule has 0 fully saturated rings. The maximum atomic E-state index is 12.0. The molecule has 0 spiro atoms. The van der Waals surface area contributed by atoms with Crippen molar-refractivity contribution in [3.63, 3.8) is 0 Å². The van der Waals surface area contributed by atoms with Gasteiger partial charge in [-0.3, -0.25) is 9.28 Å². The van der Waals surface area contributed by atoms with E-state index in [1.54, 1.807) is 13.8 Å². The molecule has 0 aromatic carbocycles. The van der Waals surface area contributed by atoms with E-state index in [2.05, 4.69) is 5.32 Å². The van der Waals surface area contributed by atoms with Gasteiger partial charge in [-0.25, -0.2) is 9.59 Å². The summed E-state index contributed by atoms with van der Waals surface area (Å²) in [6.45, 7) is 5.28. The van der Waals surface area contributed by atoms with Crippen molar-refractivity contribution in [2.75, 3.05) is 26.2 Å². The van der Waals surface area contributed by atoms with Crippen molar-refractivity contribution < 1.29 is 34.2 Å². The zero-order valence-electron chi connectivity index (χ0n) is 16.7. The summed E-state index contributed by atoms with van der Waals surface area (Å²) in [6, 6.07) is -1.94. The third-order valence-corrected chi connectivity index (χ3v) is 4.96. The minimum atomic E-state index is -1.09. The van der Waals surface area contributed by atoms with Crippen molar-refractivity contribution in [3.05, 3.63) is 12.2 Å². The van der Waals surface area contributed by atoms with E-state index in [4.69, 9.17) is 0 Å². The Morgan fingerprint density at radius 1 is 1.04 bits per heavy atom. The molecule has 0 aliphatic carbocycles. The van der Waals surface area contributed by atoms with Gasteiger partial charge in [0.05, 0.1) is 19.7 Å². The molecule has 27 heavy (non-hydrogen) atoms. The molecule has 0 aromatic rings. The van der Waals surface area contributed by atoms with Crippen LogP contribution in [0, 0.1) is 0 Å². The number of aliphatic carboxylic acids is 2. The van der Waals surface area contributed by atoms with Crippen LogP contribution in [0.3, 0.4) is 0 Å². The molecule has 0 aliphatic rings. The molecular formula is C19H35N2O6+. The van der Waals surface area contributed by atoms with Gasteiger partial charge >= 0.3 is 11.9 Å². The van der Waals surface area contributed by atoms with Gasteiger partial charge in [0.15, 0.2) is 12.1 Å². The summed E-state index contributed by atoms with van der Waals surface area (Å²) in [7, 11) is 0. The Morgan fingerprint density at radius 2 is 1.59 bits per heavy atom. The van der Waals surface area contributed by atoms with Crippen LogP contribution in [0.4, 0.5) is 0 Å². The Labute approximate surface area is 161 Å². The number of carbonyl (C=O) groups excluding carboxylic acids is 1. The van der Waals surface area contributed by atoms with Crippen LogP contribution in [0.1, 0.15) is 52.9 Å². The number of nitrogens with zero attached hydrogens (tertiary/aromatic N) is 1. The Bertz CT molecular complexity index is 484. The lowest BCUT2D eigenvalue weighted by Crippen LogP contribution is -2.68. The number of carboxylic acids is 2. The molecule has 0 saturated carbocycles. The second-order valence-corrected chi connectivity index (χ2v) is 6.61. The third kappa shape index (κ3) is 7.68. The predicted octanol–water partition coefficient (Wildman–Crippen LogP) is 1.38. The molecule has 0 saturated heterocycles. The van der Waals surface area contributed by atoms with Gasteiger partial charge < -0.3 is 20.6 Å². The molecule has 0 bridgehead atoms. The average Bonchev–Trinajstić information content (AvgIpc) is 2.59. The SMILES string of the molecule is C/C=C/CCCC(=O)NCC[N+](CCO)(C(CC)C(=O)O)C(CC)C(=O)O. The van der Waals surface area contributed by atoms with Crippen molar-refractivity contribution in [1.29, 1.82) is 0 Å². The van der Waals surface area contributed by atoms with Gasteiger partial charge in [0.2, 0.25) is 5.91 Å². The Morgan fingerprint density at radius 3 is 2.00 bits per heavy atom. The predicted molar refractivity (Wildman–Crippen MR) is 102 cm³/mol. The first-order valence-corrected chi connectivity index (χ1v) is 9.61. The fraction of sp³-hybridized carbons (Fsp3) is 0.737. The highest BCUT2D eigenvalue weighted by molar-refractivity contribution is 5.76. The standard InChI is InChI=1S/C19H34N2O6/c1-4-7-8-9-10-17(23)20-11-12-21(13-14-22,15(5-2)18(24)25)16(6-3)19(26)27/h4,7,15-16,22H,5-6,8-14H2,1-3H3,(H2-,20,23,24,25,26,27)/p+1/b7-4+. The zero-order valence-corrected chi connectivity index (χ0v) is 16.7. The van der Waals surface area contributed by atoms with Crippen LogP contribution in [-0.2, 0) is 14.4 Å². The summed E-state index contributed by atoms with van der Waals surface area (Å²) < 4.78 is -0.285. The summed E-state index contributed by atoms with van der Waals surface area (Å²) in [6.07, 6.45) is 6.25. The van der Waals surface area contributed by atoms with E-state index < -0.39 is 24.0 Å². The summed E-state index contributed by atoms with van der Waals surface area (Å²) in [4.78, 5) is 35.6. The molecule has 4 N–H and O–H groups in total. The van der Waals surface area contributed by atoms with Crippen LogP contribution in [0.15, 0.2) is 12.2 Å². The summed E-state index contributed by atoms with van der Waals surface area (Å²) in [5, 5.41) is 31.6. The molecular weight excluding hydrogens is 352 g/mol. The number of hydrogen-bond donors (Lipinski definition) is 4. The molecule has 156 valence electrons. The molecule has 0 rings (SSSR count). The average molecular weight is 387 g/mol. The van der Waals surface area contributed by atoms with Gasteiger partial charge in [0, 0.05) is 19.3 Å². The number of quaternary nitrogens is 1. The Kier molecular flexibility index (Phi) is 12.3. The highest BCUT2D eigenvalue weighted by Crippen LogP contribution is 2.25. The number of rotatable bonds is 15. The molecule has 2 unspecified atom stereocenters. The van der Waals surface area contributed by atoms with E-state index in [1.807, 2.05) is 19.1 Å². The van der Waals surface area contributed by atoms with E-state index in [0.717, 1.165) is 6.42 Å². The van der Waals surface area contributed by atoms with Crippen LogP contribution in [-0.4, -0.2) is 76.0 Å². The normalized spacial score (nSPS) is 15.9. The molecule has 0 aliphatic heterocycles. The minimum absolute atomic E-state index is 0.00672. The first-order chi connectivity index (χ1) is 12.8.